The third-order valence-corrected chi connectivity index (χ3v) is 6.48. The van der Waals surface area contributed by atoms with Gasteiger partial charge in [-0.3, -0.25) is 4.79 Å². The van der Waals surface area contributed by atoms with Crippen LogP contribution in [0.15, 0.2) is 9.42 Å². The van der Waals surface area contributed by atoms with Crippen LogP contribution in [0.2, 0.25) is 0 Å². The summed E-state index contributed by atoms with van der Waals surface area (Å²) in [5.41, 5.74) is 0.356. The lowest BCUT2D eigenvalue weighted by molar-refractivity contribution is -0.137. The molecule has 24 heavy (non-hydrogen) atoms. The molecule has 134 valence electrons. The molecule has 9 nitrogen and oxygen atoms in total. The van der Waals surface area contributed by atoms with E-state index in [0.717, 1.165) is 0 Å². The Bertz CT molecular complexity index is 683. The second-order valence-corrected chi connectivity index (χ2v) is 7.84. The maximum Gasteiger partial charge on any atom is 0.248 e. The standard InChI is InChI=1S/C14H22N4O5S/c1-10-13(11(2)23-16-10)24(20,21)18-6-4-17(5-7-18)14(19)12-9-22-8-3-15-12/h12,15H,3-9H2,1-2H3. The highest BCUT2D eigenvalue weighted by atomic mass is 32.2. The molecular weight excluding hydrogens is 336 g/mol. The Morgan fingerprint density at radius 2 is 1.96 bits per heavy atom. The first kappa shape index (κ1) is 17.3. The fraction of sp³-hybridized carbons (Fsp3) is 0.714. The van der Waals surface area contributed by atoms with Crippen molar-refractivity contribution in [2.24, 2.45) is 0 Å². The first-order valence-corrected chi connectivity index (χ1v) is 9.38. The van der Waals surface area contributed by atoms with Crippen LogP contribution in [0.3, 0.4) is 0 Å². The van der Waals surface area contributed by atoms with Crippen LogP contribution in [0.1, 0.15) is 11.5 Å². The van der Waals surface area contributed by atoms with Crippen molar-refractivity contribution < 1.29 is 22.5 Å². The zero-order chi connectivity index (χ0) is 17.3. The largest absolute Gasteiger partial charge is 0.378 e. The Morgan fingerprint density at radius 3 is 2.50 bits per heavy atom. The van der Waals surface area contributed by atoms with Gasteiger partial charge in [-0.2, -0.15) is 4.31 Å². The molecule has 3 heterocycles. The van der Waals surface area contributed by atoms with Gasteiger partial charge >= 0.3 is 0 Å². The molecule has 0 bridgehead atoms. The summed E-state index contributed by atoms with van der Waals surface area (Å²) in [4.78, 5) is 14.3. The minimum absolute atomic E-state index is 0.0379. The Hall–Kier alpha value is -1.49. The fourth-order valence-corrected chi connectivity index (χ4v) is 4.78. The van der Waals surface area contributed by atoms with Gasteiger partial charge in [-0.25, -0.2) is 8.42 Å². The average molecular weight is 358 g/mol. The highest BCUT2D eigenvalue weighted by Gasteiger charge is 2.35. The number of rotatable bonds is 3. The molecule has 2 aliphatic rings. The molecule has 1 aromatic heterocycles. The van der Waals surface area contributed by atoms with Crippen LogP contribution in [0.4, 0.5) is 0 Å². The summed E-state index contributed by atoms with van der Waals surface area (Å²) in [6.07, 6.45) is 0. The summed E-state index contributed by atoms with van der Waals surface area (Å²) >= 11 is 0. The van der Waals surface area contributed by atoms with Gasteiger partial charge in [0.25, 0.3) is 0 Å². The number of ether oxygens (including phenoxy) is 1. The average Bonchev–Trinajstić information content (AvgIpc) is 2.94. The van der Waals surface area contributed by atoms with E-state index in [-0.39, 0.29) is 35.7 Å². The van der Waals surface area contributed by atoms with Crippen molar-refractivity contribution >= 4 is 15.9 Å². The molecule has 0 aliphatic carbocycles. The third-order valence-electron chi connectivity index (χ3n) is 4.34. The van der Waals surface area contributed by atoms with Gasteiger partial charge in [-0.05, 0) is 13.8 Å². The van der Waals surface area contributed by atoms with E-state index in [9.17, 15) is 13.2 Å². The van der Waals surface area contributed by atoms with E-state index in [2.05, 4.69) is 10.5 Å². The fourth-order valence-electron chi connectivity index (χ4n) is 3.07. The molecule has 0 spiro atoms. The van der Waals surface area contributed by atoms with Crippen molar-refractivity contribution in [2.45, 2.75) is 24.8 Å². The number of amides is 1. The number of aromatic nitrogens is 1. The molecule has 2 fully saturated rings. The highest BCUT2D eigenvalue weighted by Crippen LogP contribution is 2.24. The first-order chi connectivity index (χ1) is 11.4. The number of carbonyl (C=O) groups is 1. The maximum absolute atomic E-state index is 12.8. The molecule has 0 saturated carbocycles. The number of carbonyl (C=O) groups excluding carboxylic acids is 1. The summed E-state index contributed by atoms with van der Waals surface area (Å²) in [6, 6.07) is -0.343. The van der Waals surface area contributed by atoms with Crippen molar-refractivity contribution in [2.75, 3.05) is 45.9 Å². The van der Waals surface area contributed by atoms with Gasteiger partial charge in [-0.15, -0.1) is 0 Å². The van der Waals surface area contributed by atoms with Crippen LogP contribution in [-0.4, -0.2) is 80.7 Å². The summed E-state index contributed by atoms with van der Waals surface area (Å²) in [6.45, 7) is 6.04. The summed E-state index contributed by atoms with van der Waals surface area (Å²) < 4.78 is 37.2. The molecule has 0 radical (unpaired) electrons. The number of nitrogens with one attached hydrogen (secondary N) is 1. The molecule has 1 aromatic rings. The van der Waals surface area contributed by atoms with Crippen molar-refractivity contribution in [3.05, 3.63) is 11.5 Å². The topological polar surface area (TPSA) is 105 Å². The molecule has 10 heteroatoms. The van der Waals surface area contributed by atoms with Crippen LogP contribution in [0.5, 0.6) is 0 Å². The van der Waals surface area contributed by atoms with Crippen molar-refractivity contribution in [1.82, 2.24) is 19.7 Å². The molecule has 0 aromatic carbocycles. The Morgan fingerprint density at radius 1 is 1.25 bits per heavy atom. The molecule has 1 amide bonds. The predicted octanol–water partition coefficient (Wildman–Crippen LogP) is -0.887. The Labute approximate surface area is 141 Å². The van der Waals surface area contributed by atoms with E-state index in [1.54, 1.807) is 18.7 Å². The van der Waals surface area contributed by atoms with E-state index in [1.807, 2.05) is 0 Å². The van der Waals surface area contributed by atoms with E-state index < -0.39 is 10.0 Å². The lowest BCUT2D eigenvalue weighted by atomic mass is 10.2. The molecule has 2 aliphatic heterocycles. The number of piperazine rings is 1. The van der Waals surface area contributed by atoms with Gasteiger partial charge in [0.2, 0.25) is 15.9 Å². The number of morpholine rings is 1. The van der Waals surface area contributed by atoms with Crippen LogP contribution in [-0.2, 0) is 19.6 Å². The number of aryl methyl sites for hydroxylation is 2. The summed E-state index contributed by atoms with van der Waals surface area (Å²) in [5, 5.41) is 6.84. The molecule has 2 saturated heterocycles. The minimum Gasteiger partial charge on any atom is -0.378 e. The van der Waals surface area contributed by atoms with E-state index in [0.29, 0.717) is 38.5 Å². The number of hydrogen-bond donors (Lipinski definition) is 1. The monoisotopic (exact) mass is 358 g/mol. The number of sulfonamides is 1. The van der Waals surface area contributed by atoms with Crippen LogP contribution in [0.25, 0.3) is 0 Å². The van der Waals surface area contributed by atoms with Crippen LogP contribution < -0.4 is 5.32 Å². The molecule has 1 atom stereocenters. The highest BCUT2D eigenvalue weighted by molar-refractivity contribution is 7.89. The van der Waals surface area contributed by atoms with E-state index in [4.69, 9.17) is 9.26 Å². The van der Waals surface area contributed by atoms with Gasteiger partial charge in [0.15, 0.2) is 5.76 Å². The Kier molecular flexibility index (Phi) is 4.90. The second-order valence-electron chi connectivity index (χ2n) is 5.96. The van der Waals surface area contributed by atoms with Crippen molar-refractivity contribution in [1.29, 1.82) is 0 Å². The van der Waals surface area contributed by atoms with Crippen molar-refractivity contribution in [3.8, 4) is 0 Å². The molecule has 1 unspecified atom stereocenters. The van der Waals surface area contributed by atoms with Gasteiger partial charge in [-0.1, -0.05) is 5.16 Å². The van der Waals surface area contributed by atoms with E-state index in [1.165, 1.54) is 4.31 Å². The van der Waals surface area contributed by atoms with Crippen LogP contribution >= 0.6 is 0 Å². The van der Waals surface area contributed by atoms with Gasteiger partial charge in [0.05, 0.1) is 13.2 Å². The maximum atomic E-state index is 12.8. The third kappa shape index (κ3) is 3.18. The van der Waals surface area contributed by atoms with Crippen molar-refractivity contribution in [3.63, 3.8) is 0 Å². The smallest absolute Gasteiger partial charge is 0.248 e. The van der Waals surface area contributed by atoms with E-state index >= 15 is 0 Å². The number of hydrogen-bond acceptors (Lipinski definition) is 7. The lowest BCUT2D eigenvalue weighted by Crippen LogP contribution is -2.57. The summed E-state index contributed by atoms with van der Waals surface area (Å²) in [5.74, 6) is 0.249. The predicted molar refractivity (Wildman–Crippen MR) is 83.9 cm³/mol. The summed E-state index contributed by atoms with van der Waals surface area (Å²) in [7, 11) is -3.66. The quantitative estimate of drug-likeness (QED) is 0.747. The lowest BCUT2D eigenvalue weighted by Gasteiger charge is -2.36. The molecule has 1 N–H and O–H groups in total. The minimum atomic E-state index is -3.66. The zero-order valence-corrected chi connectivity index (χ0v) is 14.6. The normalized spacial score (nSPS) is 23.4. The first-order valence-electron chi connectivity index (χ1n) is 7.94. The van der Waals surface area contributed by atoms with Gasteiger partial charge in [0, 0.05) is 32.7 Å². The zero-order valence-electron chi connectivity index (χ0n) is 13.8. The molecular formula is C14H22N4O5S. The van der Waals surface area contributed by atoms with Crippen LogP contribution in [0, 0.1) is 13.8 Å². The Balaban J connectivity index is 1.65. The second kappa shape index (κ2) is 6.79. The van der Waals surface area contributed by atoms with Gasteiger partial charge < -0.3 is 19.5 Å². The molecule has 3 rings (SSSR count). The SMILES string of the molecule is Cc1noc(C)c1S(=O)(=O)N1CCN(C(=O)C2COCCN2)CC1. The van der Waals surface area contributed by atoms with Gasteiger partial charge in [0.1, 0.15) is 16.6 Å². The number of nitrogens with zero attached hydrogens (tertiary/aromatic N) is 3.